The monoisotopic (exact) mass is 473 g/mol. The highest BCUT2D eigenvalue weighted by atomic mass is 35.5. The lowest BCUT2D eigenvalue weighted by molar-refractivity contribution is 0.461. The van der Waals surface area contributed by atoms with Crippen LogP contribution in [0.1, 0.15) is 12.5 Å². The molecule has 5 aromatic rings. The van der Waals surface area contributed by atoms with E-state index in [0.29, 0.717) is 46.9 Å². The van der Waals surface area contributed by atoms with Crippen molar-refractivity contribution in [3.8, 4) is 11.6 Å². The fraction of sp³-hybridized carbons (Fsp3) is 0.125. The topological polar surface area (TPSA) is 99.8 Å². The summed E-state index contributed by atoms with van der Waals surface area (Å²) in [5.41, 5.74) is 2.42. The van der Waals surface area contributed by atoms with Gasteiger partial charge in [0, 0.05) is 29.5 Å². The van der Waals surface area contributed by atoms with Gasteiger partial charge in [-0.1, -0.05) is 23.7 Å². The van der Waals surface area contributed by atoms with Crippen molar-refractivity contribution in [2.75, 3.05) is 5.32 Å². The normalized spacial score (nSPS) is 11.0. The number of nitrogens with one attached hydrogen (secondary N) is 1. The molecular formula is C24H20ClN7O2. The molecule has 0 spiro atoms. The van der Waals surface area contributed by atoms with Gasteiger partial charge in [0.25, 0.3) is 0 Å². The summed E-state index contributed by atoms with van der Waals surface area (Å²) < 4.78 is 9.40. The lowest BCUT2D eigenvalue weighted by Crippen LogP contribution is -2.20. The van der Waals surface area contributed by atoms with E-state index < -0.39 is 0 Å². The summed E-state index contributed by atoms with van der Waals surface area (Å²) in [4.78, 5) is 29.7. The van der Waals surface area contributed by atoms with E-state index in [-0.39, 0.29) is 5.56 Å². The zero-order valence-corrected chi connectivity index (χ0v) is 19.0. The highest BCUT2D eigenvalue weighted by Crippen LogP contribution is 2.24. The molecule has 0 aliphatic carbocycles. The standard InChI is InChI=1S/C24H20ClN7O2/c1-2-31-15-28-22-21(31)23(33)30-24(32(22)13-16-3-5-17(25)6-4-16)29-18-7-9-19(10-8-18)34-20-11-12-26-14-27-20/h3-12,14-15H,2,13H2,1H3,(H,29,30,33). The summed E-state index contributed by atoms with van der Waals surface area (Å²) in [5, 5.41) is 3.91. The third-order valence-electron chi connectivity index (χ3n) is 5.22. The Morgan fingerprint density at radius 3 is 2.53 bits per heavy atom. The maximum absolute atomic E-state index is 12.9. The SMILES string of the molecule is CCn1cnc2c1c(=O)nc(Nc1ccc(Oc3ccncn3)cc1)n2Cc1ccc(Cl)cc1. The van der Waals surface area contributed by atoms with Crippen LogP contribution in [0.4, 0.5) is 11.6 Å². The Morgan fingerprint density at radius 2 is 1.82 bits per heavy atom. The van der Waals surface area contributed by atoms with Gasteiger partial charge in [-0.25, -0.2) is 15.0 Å². The average molecular weight is 474 g/mol. The van der Waals surface area contributed by atoms with Gasteiger partial charge in [-0.05, 0) is 48.9 Å². The average Bonchev–Trinajstić information content (AvgIpc) is 3.30. The molecule has 0 fully saturated rings. The summed E-state index contributed by atoms with van der Waals surface area (Å²) in [5.74, 6) is 1.46. The third-order valence-corrected chi connectivity index (χ3v) is 5.47. The predicted molar refractivity (Wildman–Crippen MR) is 130 cm³/mol. The van der Waals surface area contributed by atoms with E-state index in [4.69, 9.17) is 16.3 Å². The molecule has 1 N–H and O–H groups in total. The van der Waals surface area contributed by atoms with Crippen LogP contribution in [0.25, 0.3) is 11.2 Å². The highest BCUT2D eigenvalue weighted by Gasteiger charge is 2.16. The van der Waals surface area contributed by atoms with Gasteiger partial charge >= 0.3 is 5.56 Å². The molecule has 0 aliphatic heterocycles. The first-order valence-corrected chi connectivity index (χ1v) is 11.0. The Kier molecular flexibility index (Phi) is 5.92. The summed E-state index contributed by atoms with van der Waals surface area (Å²) in [6, 6.07) is 16.5. The molecule has 0 saturated carbocycles. The zero-order valence-electron chi connectivity index (χ0n) is 18.2. The van der Waals surface area contributed by atoms with Gasteiger partial charge in [-0.15, -0.1) is 0 Å². The second-order valence-electron chi connectivity index (χ2n) is 7.46. The van der Waals surface area contributed by atoms with Crippen molar-refractivity contribution in [3.63, 3.8) is 0 Å². The third kappa shape index (κ3) is 4.46. The Hall–Kier alpha value is -4.24. The van der Waals surface area contributed by atoms with Gasteiger partial charge in [-0.3, -0.25) is 9.36 Å². The van der Waals surface area contributed by atoms with Crippen molar-refractivity contribution in [2.45, 2.75) is 20.0 Å². The second-order valence-corrected chi connectivity index (χ2v) is 7.89. The van der Waals surface area contributed by atoms with Crippen molar-refractivity contribution >= 4 is 34.4 Å². The number of anilines is 2. The van der Waals surface area contributed by atoms with E-state index in [9.17, 15) is 4.79 Å². The first-order chi connectivity index (χ1) is 16.6. The van der Waals surface area contributed by atoms with Crippen molar-refractivity contribution in [1.29, 1.82) is 0 Å². The largest absolute Gasteiger partial charge is 0.439 e. The molecular weight excluding hydrogens is 454 g/mol. The molecule has 34 heavy (non-hydrogen) atoms. The number of aromatic nitrogens is 6. The molecule has 0 amide bonds. The Labute approximate surface area is 199 Å². The number of rotatable bonds is 7. The molecule has 0 radical (unpaired) electrons. The van der Waals surface area contributed by atoms with E-state index in [1.54, 1.807) is 35.3 Å². The molecule has 3 aromatic heterocycles. The van der Waals surface area contributed by atoms with Gasteiger partial charge in [0.2, 0.25) is 11.8 Å². The highest BCUT2D eigenvalue weighted by molar-refractivity contribution is 6.30. The van der Waals surface area contributed by atoms with Gasteiger partial charge in [-0.2, -0.15) is 4.98 Å². The van der Waals surface area contributed by atoms with Crippen LogP contribution in [0.15, 0.2) is 78.2 Å². The van der Waals surface area contributed by atoms with Crippen LogP contribution >= 0.6 is 11.6 Å². The molecule has 170 valence electrons. The van der Waals surface area contributed by atoms with E-state index >= 15 is 0 Å². The molecule has 0 saturated heterocycles. The van der Waals surface area contributed by atoms with E-state index in [0.717, 1.165) is 11.3 Å². The fourth-order valence-corrected chi connectivity index (χ4v) is 3.68. The van der Waals surface area contributed by atoms with Gasteiger partial charge < -0.3 is 14.6 Å². The fourth-order valence-electron chi connectivity index (χ4n) is 3.55. The van der Waals surface area contributed by atoms with Crippen LogP contribution < -0.4 is 15.6 Å². The van der Waals surface area contributed by atoms with Crippen molar-refractivity contribution in [2.24, 2.45) is 0 Å². The summed E-state index contributed by atoms with van der Waals surface area (Å²) in [6.45, 7) is 3.04. The molecule has 5 rings (SSSR count). The Morgan fingerprint density at radius 1 is 1.03 bits per heavy atom. The summed E-state index contributed by atoms with van der Waals surface area (Å²) in [6.07, 6.45) is 4.70. The van der Waals surface area contributed by atoms with Crippen LogP contribution in [0.5, 0.6) is 11.6 Å². The van der Waals surface area contributed by atoms with Crippen LogP contribution in [-0.4, -0.2) is 29.1 Å². The van der Waals surface area contributed by atoms with Crippen molar-refractivity contribution in [1.82, 2.24) is 29.1 Å². The quantitative estimate of drug-likeness (QED) is 0.367. The molecule has 10 heteroatoms. The Bertz CT molecular complexity index is 1480. The molecule has 0 atom stereocenters. The minimum absolute atomic E-state index is 0.340. The number of hydrogen-bond acceptors (Lipinski definition) is 7. The number of fused-ring (bicyclic) bond motifs is 1. The molecule has 3 heterocycles. The van der Waals surface area contributed by atoms with E-state index in [1.165, 1.54) is 6.33 Å². The van der Waals surface area contributed by atoms with Crippen molar-refractivity contribution in [3.05, 3.63) is 94.4 Å². The van der Waals surface area contributed by atoms with Crippen LogP contribution in [0.2, 0.25) is 5.02 Å². The number of hydrogen-bond donors (Lipinski definition) is 1. The lowest BCUT2D eigenvalue weighted by atomic mass is 10.2. The number of aryl methyl sites for hydroxylation is 1. The molecule has 0 unspecified atom stereocenters. The van der Waals surface area contributed by atoms with Gasteiger partial charge in [0.15, 0.2) is 11.2 Å². The summed E-state index contributed by atoms with van der Waals surface area (Å²) >= 11 is 6.05. The van der Waals surface area contributed by atoms with E-state index in [2.05, 4.69) is 25.3 Å². The second kappa shape index (κ2) is 9.32. The number of benzene rings is 2. The number of halogens is 1. The maximum Gasteiger partial charge on any atom is 0.300 e. The van der Waals surface area contributed by atoms with Crippen LogP contribution in [0, 0.1) is 0 Å². The Balaban J connectivity index is 1.49. The number of ether oxygens (including phenoxy) is 1. The first-order valence-electron chi connectivity index (χ1n) is 10.6. The van der Waals surface area contributed by atoms with Crippen LogP contribution in [0.3, 0.4) is 0 Å². The summed E-state index contributed by atoms with van der Waals surface area (Å²) in [7, 11) is 0. The van der Waals surface area contributed by atoms with Crippen molar-refractivity contribution < 1.29 is 4.74 Å². The van der Waals surface area contributed by atoms with Gasteiger partial charge in [0.1, 0.15) is 12.1 Å². The minimum Gasteiger partial charge on any atom is -0.439 e. The smallest absolute Gasteiger partial charge is 0.300 e. The minimum atomic E-state index is -0.340. The van der Waals surface area contributed by atoms with Crippen LogP contribution in [-0.2, 0) is 13.1 Å². The first kappa shape index (κ1) is 21.6. The van der Waals surface area contributed by atoms with E-state index in [1.807, 2.05) is 47.9 Å². The molecule has 2 aromatic carbocycles. The molecule has 9 nitrogen and oxygen atoms in total. The van der Waals surface area contributed by atoms with Gasteiger partial charge in [0.05, 0.1) is 12.9 Å². The number of imidazole rings is 1. The molecule has 0 bridgehead atoms. The maximum atomic E-state index is 12.9. The number of nitrogens with zero attached hydrogens (tertiary/aromatic N) is 6. The predicted octanol–water partition coefficient (Wildman–Crippen LogP) is 4.64. The lowest BCUT2D eigenvalue weighted by Gasteiger charge is -2.15. The zero-order chi connectivity index (χ0) is 23.5. The molecule has 0 aliphatic rings.